The fourth-order valence-electron chi connectivity index (χ4n) is 2.15. The molecule has 0 spiro atoms. The van der Waals surface area contributed by atoms with Crippen molar-refractivity contribution in [3.05, 3.63) is 40.8 Å². The first-order chi connectivity index (χ1) is 9.11. The molecule has 0 aliphatic rings. The molecule has 0 saturated heterocycles. The van der Waals surface area contributed by atoms with Crippen LogP contribution in [-0.4, -0.2) is 21.5 Å². The van der Waals surface area contributed by atoms with Crippen LogP contribution in [0.25, 0.3) is 11.5 Å². The lowest BCUT2D eigenvalue weighted by atomic mass is 10.1. The highest BCUT2D eigenvalue weighted by molar-refractivity contribution is 5.51. The van der Waals surface area contributed by atoms with Gasteiger partial charge < -0.3 is 5.73 Å². The van der Waals surface area contributed by atoms with Crippen LogP contribution in [0.3, 0.4) is 0 Å². The summed E-state index contributed by atoms with van der Waals surface area (Å²) in [5.74, 6) is 0.704. The van der Waals surface area contributed by atoms with Crippen molar-refractivity contribution >= 4 is 0 Å². The number of hydrogen-bond donors (Lipinski definition) is 1. The molecule has 100 valence electrons. The molecule has 2 aromatic rings. The number of nitrogens with zero attached hydrogens (tertiary/aromatic N) is 3. The van der Waals surface area contributed by atoms with Gasteiger partial charge in [0.15, 0.2) is 5.82 Å². The van der Waals surface area contributed by atoms with E-state index in [9.17, 15) is 0 Å². The normalized spacial score (nSPS) is 10.7. The van der Waals surface area contributed by atoms with Crippen LogP contribution in [0, 0.1) is 20.8 Å². The molecule has 0 atom stereocenters. The smallest absolute Gasteiger partial charge is 0.178 e. The minimum atomic E-state index is 0.695. The van der Waals surface area contributed by atoms with Gasteiger partial charge in [0.05, 0.1) is 0 Å². The van der Waals surface area contributed by atoms with Crippen LogP contribution in [0.5, 0.6) is 0 Å². The summed E-state index contributed by atoms with van der Waals surface area (Å²) in [6, 6.07) is 3.98. The molecule has 2 N–H and O–H groups in total. The third-order valence-corrected chi connectivity index (χ3v) is 3.20. The first-order valence-electron chi connectivity index (χ1n) is 6.59. The van der Waals surface area contributed by atoms with Crippen molar-refractivity contribution in [2.45, 2.75) is 33.6 Å². The largest absolute Gasteiger partial charge is 0.330 e. The zero-order chi connectivity index (χ0) is 13.8. The van der Waals surface area contributed by atoms with Crippen LogP contribution in [0.15, 0.2) is 18.3 Å². The molecule has 0 aliphatic heterocycles. The minimum Gasteiger partial charge on any atom is -0.330 e. The number of aromatic nitrogens is 3. The van der Waals surface area contributed by atoms with Gasteiger partial charge >= 0.3 is 0 Å². The lowest BCUT2D eigenvalue weighted by molar-refractivity contribution is 0.805. The molecule has 2 aromatic heterocycles. The Morgan fingerprint density at radius 1 is 1.11 bits per heavy atom. The van der Waals surface area contributed by atoms with Crippen molar-refractivity contribution in [2.75, 3.05) is 6.54 Å². The van der Waals surface area contributed by atoms with Crippen molar-refractivity contribution in [3.8, 4) is 11.5 Å². The molecule has 0 amide bonds. The molecule has 4 heteroatoms. The van der Waals surface area contributed by atoms with Crippen LogP contribution >= 0.6 is 0 Å². The van der Waals surface area contributed by atoms with Gasteiger partial charge in [0.1, 0.15) is 5.69 Å². The zero-order valence-corrected chi connectivity index (χ0v) is 11.8. The van der Waals surface area contributed by atoms with Gasteiger partial charge in [0, 0.05) is 17.6 Å². The predicted molar refractivity (Wildman–Crippen MR) is 76.8 cm³/mol. The second-order valence-corrected chi connectivity index (χ2v) is 4.81. The molecule has 19 heavy (non-hydrogen) atoms. The molecule has 2 rings (SSSR count). The third kappa shape index (κ3) is 3.15. The van der Waals surface area contributed by atoms with Crippen LogP contribution in [0.4, 0.5) is 0 Å². The number of nitrogens with two attached hydrogens (primary N) is 1. The Hall–Kier alpha value is -1.81. The molecular formula is C15H20N4. The highest BCUT2D eigenvalue weighted by atomic mass is 14.9. The summed E-state index contributed by atoms with van der Waals surface area (Å²) in [7, 11) is 0. The van der Waals surface area contributed by atoms with E-state index in [1.165, 1.54) is 5.56 Å². The van der Waals surface area contributed by atoms with Crippen molar-refractivity contribution in [1.29, 1.82) is 0 Å². The maximum absolute atomic E-state index is 5.56. The minimum absolute atomic E-state index is 0.695. The predicted octanol–water partition coefficient (Wildman–Crippen LogP) is 2.36. The number of hydrogen-bond acceptors (Lipinski definition) is 4. The van der Waals surface area contributed by atoms with E-state index in [2.05, 4.69) is 15.0 Å². The van der Waals surface area contributed by atoms with E-state index in [4.69, 9.17) is 5.73 Å². The monoisotopic (exact) mass is 256 g/mol. The number of aryl methyl sites for hydroxylation is 3. The maximum Gasteiger partial charge on any atom is 0.178 e. The summed E-state index contributed by atoms with van der Waals surface area (Å²) in [5, 5.41) is 0. The lowest BCUT2D eigenvalue weighted by Crippen LogP contribution is -2.07. The van der Waals surface area contributed by atoms with Crippen molar-refractivity contribution in [1.82, 2.24) is 15.0 Å². The number of pyridine rings is 1. The average Bonchev–Trinajstić information content (AvgIpc) is 2.37. The molecule has 0 fully saturated rings. The van der Waals surface area contributed by atoms with Crippen LogP contribution < -0.4 is 5.73 Å². The van der Waals surface area contributed by atoms with Gasteiger partial charge in [0.25, 0.3) is 0 Å². The van der Waals surface area contributed by atoms with Gasteiger partial charge in [-0.1, -0.05) is 0 Å². The van der Waals surface area contributed by atoms with Crippen LogP contribution in [-0.2, 0) is 6.42 Å². The van der Waals surface area contributed by atoms with Gasteiger partial charge in [-0.25, -0.2) is 9.97 Å². The maximum atomic E-state index is 5.56. The Morgan fingerprint density at radius 2 is 1.79 bits per heavy atom. The second-order valence-electron chi connectivity index (χ2n) is 4.81. The average molecular weight is 256 g/mol. The van der Waals surface area contributed by atoms with E-state index in [-0.39, 0.29) is 0 Å². The second kappa shape index (κ2) is 5.89. The standard InChI is InChI=1S/C15H20N4/c1-10-6-8-17-14(9-10)15-18-11(2)13(5-4-7-16)12(3)19-15/h6,8-9H,4-5,7,16H2,1-3H3. The fraction of sp³-hybridized carbons (Fsp3) is 0.400. The van der Waals surface area contributed by atoms with E-state index in [0.717, 1.165) is 35.5 Å². The highest BCUT2D eigenvalue weighted by Crippen LogP contribution is 2.18. The van der Waals surface area contributed by atoms with E-state index in [1.807, 2.05) is 32.9 Å². The van der Waals surface area contributed by atoms with Gasteiger partial charge in [-0.05, 0) is 63.4 Å². The van der Waals surface area contributed by atoms with Crippen LogP contribution in [0.1, 0.15) is 28.9 Å². The summed E-state index contributed by atoms with van der Waals surface area (Å²) >= 11 is 0. The molecule has 0 aliphatic carbocycles. The van der Waals surface area contributed by atoms with Crippen molar-refractivity contribution in [3.63, 3.8) is 0 Å². The molecule has 4 nitrogen and oxygen atoms in total. The summed E-state index contributed by atoms with van der Waals surface area (Å²) < 4.78 is 0. The SMILES string of the molecule is Cc1ccnc(-c2nc(C)c(CCCN)c(C)n2)c1. The topological polar surface area (TPSA) is 64.7 Å². The van der Waals surface area contributed by atoms with Crippen molar-refractivity contribution < 1.29 is 0 Å². The van der Waals surface area contributed by atoms with Gasteiger partial charge in [-0.3, -0.25) is 4.98 Å². The molecule has 2 heterocycles. The van der Waals surface area contributed by atoms with Crippen molar-refractivity contribution in [2.24, 2.45) is 5.73 Å². The van der Waals surface area contributed by atoms with Gasteiger partial charge in [-0.15, -0.1) is 0 Å². The van der Waals surface area contributed by atoms with E-state index in [1.54, 1.807) is 6.20 Å². The molecule has 0 unspecified atom stereocenters. The van der Waals surface area contributed by atoms with E-state index >= 15 is 0 Å². The van der Waals surface area contributed by atoms with E-state index < -0.39 is 0 Å². The Morgan fingerprint density at radius 3 is 2.37 bits per heavy atom. The van der Waals surface area contributed by atoms with Gasteiger partial charge in [0.2, 0.25) is 0 Å². The Kier molecular flexibility index (Phi) is 4.22. The lowest BCUT2D eigenvalue weighted by Gasteiger charge is -2.10. The molecule has 0 aromatic carbocycles. The summed E-state index contributed by atoms with van der Waals surface area (Å²) in [6.45, 7) is 6.79. The summed E-state index contributed by atoms with van der Waals surface area (Å²) in [6.07, 6.45) is 3.70. The quantitative estimate of drug-likeness (QED) is 0.912. The highest BCUT2D eigenvalue weighted by Gasteiger charge is 2.10. The summed E-state index contributed by atoms with van der Waals surface area (Å²) in [5.41, 5.74) is 10.8. The Balaban J connectivity index is 2.39. The third-order valence-electron chi connectivity index (χ3n) is 3.20. The fourth-order valence-corrected chi connectivity index (χ4v) is 2.15. The first kappa shape index (κ1) is 13.6. The van der Waals surface area contributed by atoms with E-state index in [0.29, 0.717) is 12.4 Å². The first-order valence-corrected chi connectivity index (χ1v) is 6.59. The molecule has 0 radical (unpaired) electrons. The molecular weight excluding hydrogens is 236 g/mol. The zero-order valence-electron chi connectivity index (χ0n) is 11.8. The Bertz CT molecular complexity index is 555. The van der Waals surface area contributed by atoms with Crippen LogP contribution in [0.2, 0.25) is 0 Å². The Labute approximate surface area is 114 Å². The summed E-state index contributed by atoms with van der Waals surface area (Å²) in [4.78, 5) is 13.5. The van der Waals surface area contributed by atoms with Gasteiger partial charge in [-0.2, -0.15) is 0 Å². The number of rotatable bonds is 4. The molecule has 0 saturated carbocycles. The molecule has 0 bridgehead atoms.